The summed E-state index contributed by atoms with van der Waals surface area (Å²) in [6.45, 7) is 1.78. The van der Waals surface area contributed by atoms with Crippen LogP contribution in [0.1, 0.15) is 25.3 Å². The van der Waals surface area contributed by atoms with Crippen LogP contribution in [0.3, 0.4) is 0 Å². The molecule has 1 fully saturated rings. The van der Waals surface area contributed by atoms with E-state index in [1.54, 1.807) is 0 Å². The van der Waals surface area contributed by atoms with Gasteiger partial charge in [0.1, 0.15) is 12.0 Å². The highest BCUT2D eigenvalue weighted by Crippen LogP contribution is 2.45. The molecule has 1 aromatic rings. The zero-order valence-corrected chi connectivity index (χ0v) is 13.4. The molecule has 0 amide bonds. The summed E-state index contributed by atoms with van der Waals surface area (Å²) >= 11 is 0. The van der Waals surface area contributed by atoms with Gasteiger partial charge in [0.05, 0.1) is 25.2 Å². The summed E-state index contributed by atoms with van der Waals surface area (Å²) in [6.07, 6.45) is 12.3. The molecule has 1 aliphatic carbocycles. The summed E-state index contributed by atoms with van der Waals surface area (Å²) in [5.41, 5.74) is 0. The number of fused-ring (bicyclic) bond motifs is 6. The summed E-state index contributed by atoms with van der Waals surface area (Å²) in [5, 5.41) is 3.53. The van der Waals surface area contributed by atoms with E-state index in [0.717, 1.165) is 19.6 Å². The molecule has 3 heterocycles. The van der Waals surface area contributed by atoms with Crippen LogP contribution >= 0.6 is 0 Å². The lowest BCUT2D eigenvalue weighted by atomic mass is 9.78. The van der Waals surface area contributed by atoms with E-state index >= 15 is 0 Å². The number of nitrogens with one attached hydrogen (secondary N) is 1. The van der Waals surface area contributed by atoms with Crippen molar-refractivity contribution in [2.45, 2.75) is 37.6 Å². The Bertz CT molecular complexity index is 554. The topological polar surface area (TPSA) is 45.6 Å². The van der Waals surface area contributed by atoms with Gasteiger partial charge in [0.2, 0.25) is 0 Å². The Morgan fingerprint density at radius 2 is 2.32 bits per heavy atom. The average molecular weight is 303 g/mol. The van der Waals surface area contributed by atoms with Crippen LogP contribution in [-0.4, -0.2) is 54.0 Å². The number of imidazole rings is 1. The van der Waals surface area contributed by atoms with Gasteiger partial charge in [0.15, 0.2) is 0 Å². The van der Waals surface area contributed by atoms with Gasteiger partial charge in [0.25, 0.3) is 0 Å². The third-order valence-corrected chi connectivity index (χ3v) is 5.17. The van der Waals surface area contributed by atoms with Crippen molar-refractivity contribution in [2.75, 3.05) is 32.1 Å². The van der Waals surface area contributed by atoms with Crippen LogP contribution in [0.25, 0.3) is 0 Å². The molecule has 3 aliphatic rings. The predicted molar refractivity (Wildman–Crippen MR) is 85.4 cm³/mol. The Hall–Kier alpha value is -1.53. The van der Waals surface area contributed by atoms with Crippen molar-refractivity contribution in [3.8, 4) is 0 Å². The molecule has 2 aliphatic heterocycles. The van der Waals surface area contributed by atoms with E-state index in [9.17, 15) is 0 Å². The number of rotatable bonds is 4. The molecule has 22 heavy (non-hydrogen) atoms. The van der Waals surface area contributed by atoms with Crippen LogP contribution in [0, 0.1) is 5.92 Å². The fourth-order valence-electron chi connectivity index (χ4n) is 4.14. The molecule has 0 spiro atoms. The standard InChI is InChI=1S/C16H25N5O/c1-19(2)8-9-22-13-5-3-4-12-15(13)16-18-6-7-20(16)14-10-17-11-21(12)14/h6-7,10-13,15-16,18H,3-5,8-9H2,1-2H3. The number of hydrogen-bond acceptors (Lipinski definition) is 5. The maximum absolute atomic E-state index is 6.29. The molecule has 4 atom stereocenters. The zero-order valence-electron chi connectivity index (χ0n) is 13.4. The molecule has 6 heteroatoms. The first kappa shape index (κ1) is 14.1. The maximum Gasteiger partial charge on any atom is 0.134 e. The molecule has 1 N–H and O–H groups in total. The van der Waals surface area contributed by atoms with Crippen LogP contribution in [0.4, 0.5) is 5.82 Å². The molecule has 0 bridgehead atoms. The third-order valence-electron chi connectivity index (χ3n) is 5.17. The van der Waals surface area contributed by atoms with E-state index in [2.05, 4.69) is 51.2 Å². The first-order valence-electron chi connectivity index (χ1n) is 8.25. The highest BCUT2D eigenvalue weighted by molar-refractivity contribution is 5.48. The van der Waals surface area contributed by atoms with E-state index in [4.69, 9.17) is 4.74 Å². The average Bonchev–Trinajstić information content (AvgIpc) is 3.15. The summed E-state index contributed by atoms with van der Waals surface area (Å²) < 4.78 is 8.64. The SMILES string of the molecule is CN(C)CCOC1CCCC2C1C1NC=CN1c1cncn12. The molecule has 1 saturated carbocycles. The van der Waals surface area contributed by atoms with Crippen LogP contribution in [-0.2, 0) is 4.74 Å². The number of likely N-dealkylation sites (N-methyl/N-ethyl adjacent to an activating group) is 1. The normalized spacial score (nSPS) is 32.6. The Morgan fingerprint density at radius 1 is 1.41 bits per heavy atom. The minimum Gasteiger partial charge on any atom is -0.376 e. The fraction of sp³-hybridized carbons (Fsp3) is 0.688. The Morgan fingerprint density at radius 3 is 3.18 bits per heavy atom. The van der Waals surface area contributed by atoms with E-state index in [-0.39, 0.29) is 0 Å². The fourth-order valence-corrected chi connectivity index (χ4v) is 4.14. The molecule has 4 rings (SSSR count). The van der Waals surface area contributed by atoms with Gasteiger partial charge in [-0.05, 0) is 33.4 Å². The zero-order chi connectivity index (χ0) is 15.1. The third kappa shape index (κ3) is 2.21. The molecule has 120 valence electrons. The molecule has 6 nitrogen and oxygen atoms in total. The number of aromatic nitrogens is 2. The van der Waals surface area contributed by atoms with Gasteiger partial charge in [-0.25, -0.2) is 4.98 Å². The van der Waals surface area contributed by atoms with Gasteiger partial charge in [-0.15, -0.1) is 0 Å². The number of hydrogen-bond donors (Lipinski definition) is 1. The van der Waals surface area contributed by atoms with Crippen molar-refractivity contribution >= 4 is 5.82 Å². The molecular formula is C16H25N5O. The van der Waals surface area contributed by atoms with Crippen LogP contribution in [0.5, 0.6) is 0 Å². The van der Waals surface area contributed by atoms with Crippen molar-refractivity contribution < 1.29 is 4.74 Å². The van der Waals surface area contributed by atoms with Crippen LogP contribution in [0.2, 0.25) is 0 Å². The maximum atomic E-state index is 6.29. The van der Waals surface area contributed by atoms with E-state index in [1.165, 1.54) is 18.7 Å². The van der Waals surface area contributed by atoms with Gasteiger partial charge in [-0.2, -0.15) is 0 Å². The lowest BCUT2D eigenvalue weighted by Gasteiger charge is -2.48. The Labute approximate surface area is 131 Å². The lowest BCUT2D eigenvalue weighted by Crippen LogP contribution is -2.56. The highest BCUT2D eigenvalue weighted by Gasteiger charge is 2.47. The lowest BCUT2D eigenvalue weighted by molar-refractivity contribution is -0.0479. The molecule has 0 aromatic carbocycles. The van der Waals surface area contributed by atoms with E-state index < -0.39 is 0 Å². The molecular weight excluding hydrogens is 278 g/mol. The quantitative estimate of drug-likeness (QED) is 0.911. The van der Waals surface area contributed by atoms with Gasteiger partial charge in [0, 0.05) is 30.9 Å². The molecule has 0 radical (unpaired) electrons. The highest BCUT2D eigenvalue weighted by atomic mass is 16.5. The van der Waals surface area contributed by atoms with Crippen molar-refractivity contribution in [1.29, 1.82) is 0 Å². The summed E-state index contributed by atoms with van der Waals surface area (Å²) in [6, 6.07) is 0.490. The first-order valence-corrected chi connectivity index (χ1v) is 8.25. The Kier molecular flexibility index (Phi) is 3.58. The first-order chi connectivity index (χ1) is 10.8. The van der Waals surface area contributed by atoms with Crippen molar-refractivity contribution in [1.82, 2.24) is 19.8 Å². The van der Waals surface area contributed by atoms with Crippen LogP contribution in [0.15, 0.2) is 24.9 Å². The van der Waals surface area contributed by atoms with E-state index in [0.29, 0.717) is 24.2 Å². The van der Waals surface area contributed by atoms with Gasteiger partial charge in [-0.3, -0.25) is 0 Å². The van der Waals surface area contributed by atoms with Crippen molar-refractivity contribution in [3.63, 3.8) is 0 Å². The number of anilines is 1. The summed E-state index contributed by atoms with van der Waals surface area (Å²) in [5.74, 6) is 1.66. The molecule has 1 aromatic heterocycles. The number of nitrogens with zero attached hydrogens (tertiary/aromatic N) is 4. The molecule has 4 unspecified atom stereocenters. The predicted octanol–water partition coefficient (Wildman–Crippen LogP) is 1.39. The monoisotopic (exact) mass is 303 g/mol. The summed E-state index contributed by atoms with van der Waals surface area (Å²) in [4.78, 5) is 8.86. The smallest absolute Gasteiger partial charge is 0.134 e. The minimum atomic E-state index is 0.304. The van der Waals surface area contributed by atoms with Gasteiger partial charge in [-0.1, -0.05) is 0 Å². The van der Waals surface area contributed by atoms with Crippen molar-refractivity contribution in [3.05, 3.63) is 24.9 Å². The van der Waals surface area contributed by atoms with Gasteiger partial charge >= 0.3 is 0 Å². The van der Waals surface area contributed by atoms with Gasteiger partial charge < -0.3 is 24.4 Å². The second-order valence-electron chi connectivity index (χ2n) is 6.78. The second-order valence-corrected chi connectivity index (χ2v) is 6.78. The minimum absolute atomic E-state index is 0.304. The van der Waals surface area contributed by atoms with Crippen molar-refractivity contribution in [2.24, 2.45) is 5.92 Å². The number of ether oxygens (including phenoxy) is 1. The molecule has 0 saturated heterocycles. The second kappa shape index (κ2) is 5.59. The van der Waals surface area contributed by atoms with E-state index in [1.807, 2.05) is 12.5 Å². The largest absolute Gasteiger partial charge is 0.376 e. The Balaban J connectivity index is 1.58. The summed E-state index contributed by atoms with van der Waals surface area (Å²) in [7, 11) is 4.19. The van der Waals surface area contributed by atoms with Crippen LogP contribution < -0.4 is 10.2 Å².